The molecular formula is C38H19BN2S2. The quantitative estimate of drug-likeness (QED) is 0.159. The summed E-state index contributed by atoms with van der Waals surface area (Å²) >= 11 is 3.88. The van der Waals surface area contributed by atoms with Gasteiger partial charge in [-0.15, -0.1) is 22.7 Å². The SMILES string of the molecule is c1ccc2c3c4c(cc2c1)-n1c2c(cccc2c2sc5ccccc5c21)B4n1c2sc4ccccc4c2c2cccc-3c21. The molecule has 0 amide bonds. The summed E-state index contributed by atoms with van der Waals surface area (Å²) < 4.78 is 9.43. The molecule has 0 fully saturated rings. The smallest absolute Gasteiger partial charge is 0.333 e. The number of hydrogen-bond acceptors (Lipinski definition) is 2. The standard InChI is InChI=1S/C38H19BN2S2/c1-2-10-21-20(9-1)19-28-33-31(21)24-13-7-14-25-32-22-11-3-5-17-29(22)43-38(32)41(34(24)25)39(33)27-16-8-15-26-35(27)40(28)36-23-12-4-6-18-30(23)42-37(26)36/h1-19H. The molecule has 2 aliphatic rings. The largest absolute Gasteiger partial charge is 0.367 e. The van der Waals surface area contributed by atoms with Gasteiger partial charge in [-0.2, -0.15) is 0 Å². The van der Waals surface area contributed by atoms with Crippen LogP contribution in [0.15, 0.2) is 115 Å². The van der Waals surface area contributed by atoms with Crippen LogP contribution in [-0.2, 0) is 0 Å². The first kappa shape index (κ1) is 21.8. The zero-order chi connectivity index (χ0) is 27.6. The van der Waals surface area contributed by atoms with Crippen molar-refractivity contribution < 1.29 is 0 Å². The summed E-state index contributed by atoms with van der Waals surface area (Å²) in [6, 6.07) is 43.4. The minimum atomic E-state index is 0.101. The van der Waals surface area contributed by atoms with Crippen molar-refractivity contribution in [2.24, 2.45) is 0 Å². The second kappa shape index (κ2) is 7.20. The Bertz CT molecular complexity index is 2910. The molecule has 10 aromatic rings. The Morgan fingerprint density at radius 3 is 2.19 bits per heavy atom. The van der Waals surface area contributed by atoms with Crippen LogP contribution in [0.25, 0.3) is 90.0 Å². The number of benzene rings is 6. The number of hydrogen-bond donors (Lipinski definition) is 0. The summed E-state index contributed by atoms with van der Waals surface area (Å²) in [5.74, 6) is 0. The minimum Gasteiger partial charge on any atom is -0.367 e. The summed E-state index contributed by atoms with van der Waals surface area (Å²) in [5.41, 5.74) is 11.0. The van der Waals surface area contributed by atoms with Crippen molar-refractivity contribution in [3.8, 4) is 16.8 Å². The van der Waals surface area contributed by atoms with E-state index in [1.165, 1.54) is 101 Å². The van der Waals surface area contributed by atoms with E-state index in [0.717, 1.165) is 0 Å². The molecule has 0 atom stereocenters. The van der Waals surface area contributed by atoms with Crippen LogP contribution < -0.4 is 10.9 Å². The summed E-state index contributed by atoms with van der Waals surface area (Å²) in [6.45, 7) is 0.101. The second-order valence-corrected chi connectivity index (χ2v) is 14.1. The van der Waals surface area contributed by atoms with Gasteiger partial charge in [0.25, 0.3) is 0 Å². The molecule has 0 aliphatic carbocycles. The number of fused-ring (bicyclic) bond motifs is 16. The van der Waals surface area contributed by atoms with E-state index in [-0.39, 0.29) is 6.85 Å². The highest BCUT2D eigenvalue weighted by molar-refractivity contribution is 7.27. The Hall–Kier alpha value is -4.84. The van der Waals surface area contributed by atoms with Crippen molar-refractivity contribution in [2.45, 2.75) is 0 Å². The molecule has 43 heavy (non-hydrogen) atoms. The maximum Gasteiger partial charge on any atom is 0.333 e. The fraction of sp³-hybridized carbons (Fsp3) is 0. The van der Waals surface area contributed by atoms with E-state index in [2.05, 4.69) is 124 Å². The predicted octanol–water partition coefficient (Wildman–Crippen LogP) is 9.42. The van der Waals surface area contributed by atoms with Crippen LogP contribution in [-0.4, -0.2) is 15.9 Å². The fourth-order valence-corrected chi connectivity index (χ4v) is 11.0. The second-order valence-electron chi connectivity index (χ2n) is 12.0. The predicted molar refractivity (Wildman–Crippen MR) is 188 cm³/mol. The van der Waals surface area contributed by atoms with E-state index in [1.807, 2.05) is 22.7 Å². The van der Waals surface area contributed by atoms with Crippen LogP contribution in [0.4, 0.5) is 0 Å². The van der Waals surface area contributed by atoms with Crippen molar-refractivity contribution in [1.82, 2.24) is 9.05 Å². The van der Waals surface area contributed by atoms with Crippen molar-refractivity contribution in [2.75, 3.05) is 0 Å². The average Bonchev–Trinajstić information content (AvgIpc) is 3.79. The van der Waals surface area contributed by atoms with Crippen molar-refractivity contribution >= 4 is 114 Å². The number of nitrogens with zero attached hydrogens (tertiary/aromatic N) is 2. The summed E-state index contributed by atoms with van der Waals surface area (Å²) in [4.78, 5) is 1.38. The maximum atomic E-state index is 2.71. The normalized spacial score (nSPS) is 13.5. The van der Waals surface area contributed by atoms with E-state index >= 15 is 0 Å². The Balaban J connectivity index is 1.40. The Morgan fingerprint density at radius 2 is 1.28 bits per heavy atom. The van der Waals surface area contributed by atoms with E-state index in [0.29, 0.717) is 0 Å². The van der Waals surface area contributed by atoms with Crippen LogP contribution in [0.5, 0.6) is 0 Å². The third-order valence-electron chi connectivity index (χ3n) is 10.1. The number of thiophene rings is 2. The monoisotopic (exact) mass is 578 g/mol. The first-order valence-corrected chi connectivity index (χ1v) is 16.5. The van der Waals surface area contributed by atoms with Gasteiger partial charge in [0.2, 0.25) is 0 Å². The molecule has 0 spiro atoms. The van der Waals surface area contributed by atoms with Crippen molar-refractivity contribution in [3.05, 3.63) is 115 Å². The third-order valence-corrected chi connectivity index (χ3v) is 12.4. The summed E-state index contributed by atoms with van der Waals surface area (Å²) in [6.07, 6.45) is 0. The van der Waals surface area contributed by atoms with Crippen LogP contribution in [0.3, 0.4) is 0 Å². The lowest BCUT2D eigenvalue weighted by Crippen LogP contribution is -2.55. The molecule has 6 heterocycles. The molecule has 0 N–H and O–H groups in total. The Labute approximate surface area is 253 Å². The molecule has 6 aromatic carbocycles. The molecule has 0 radical (unpaired) electrons. The van der Waals surface area contributed by atoms with Gasteiger partial charge in [0.1, 0.15) is 0 Å². The summed E-state index contributed by atoms with van der Waals surface area (Å²) in [5, 5.41) is 9.48. The lowest BCUT2D eigenvalue weighted by molar-refractivity contribution is 1.19. The summed E-state index contributed by atoms with van der Waals surface area (Å²) in [7, 11) is 0. The first-order valence-electron chi connectivity index (χ1n) is 14.8. The van der Waals surface area contributed by atoms with E-state index in [9.17, 15) is 0 Å². The van der Waals surface area contributed by atoms with E-state index < -0.39 is 0 Å². The molecule has 0 saturated carbocycles. The molecule has 0 bridgehead atoms. The molecular weight excluding hydrogens is 559 g/mol. The number of rotatable bonds is 0. The molecule has 2 aliphatic heterocycles. The van der Waals surface area contributed by atoms with E-state index in [4.69, 9.17) is 0 Å². The van der Waals surface area contributed by atoms with Crippen LogP contribution in [0.2, 0.25) is 0 Å². The van der Waals surface area contributed by atoms with Gasteiger partial charge in [-0.25, -0.2) is 0 Å². The lowest BCUT2D eigenvalue weighted by atomic mass is 9.45. The molecule has 0 saturated heterocycles. The highest BCUT2D eigenvalue weighted by atomic mass is 32.1. The maximum absolute atomic E-state index is 2.71. The fourth-order valence-electron chi connectivity index (χ4n) is 8.55. The van der Waals surface area contributed by atoms with Gasteiger partial charge in [0, 0.05) is 53.1 Å². The lowest BCUT2D eigenvalue weighted by Gasteiger charge is -2.34. The van der Waals surface area contributed by atoms with Crippen LogP contribution >= 0.6 is 22.7 Å². The third kappa shape index (κ3) is 2.34. The van der Waals surface area contributed by atoms with Crippen molar-refractivity contribution in [1.29, 1.82) is 0 Å². The highest BCUT2D eigenvalue weighted by Crippen LogP contribution is 2.49. The van der Waals surface area contributed by atoms with Crippen LogP contribution in [0.1, 0.15) is 0 Å². The topological polar surface area (TPSA) is 9.86 Å². The Kier molecular flexibility index (Phi) is 3.65. The van der Waals surface area contributed by atoms with Crippen LogP contribution in [0, 0.1) is 0 Å². The molecule has 196 valence electrons. The van der Waals surface area contributed by atoms with Gasteiger partial charge in [-0.05, 0) is 45.5 Å². The first-order chi connectivity index (χ1) is 21.4. The molecule has 2 nitrogen and oxygen atoms in total. The van der Waals surface area contributed by atoms with E-state index in [1.54, 1.807) is 0 Å². The molecule has 5 heteroatoms. The van der Waals surface area contributed by atoms with Gasteiger partial charge >= 0.3 is 6.85 Å². The highest BCUT2D eigenvalue weighted by Gasteiger charge is 2.42. The van der Waals surface area contributed by atoms with Gasteiger partial charge in [0.15, 0.2) is 0 Å². The van der Waals surface area contributed by atoms with Gasteiger partial charge in [0.05, 0.1) is 20.6 Å². The van der Waals surface area contributed by atoms with Gasteiger partial charge in [-0.1, -0.05) is 97.1 Å². The Morgan fingerprint density at radius 1 is 0.558 bits per heavy atom. The molecule has 0 unspecified atom stereocenters. The molecule has 4 aromatic heterocycles. The zero-order valence-electron chi connectivity index (χ0n) is 22.8. The van der Waals surface area contributed by atoms with Gasteiger partial charge in [-0.3, -0.25) is 0 Å². The van der Waals surface area contributed by atoms with Gasteiger partial charge < -0.3 is 9.05 Å². The minimum absolute atomic E-state index is 0.101. The molecule has 12 rings (SSSR count). The number of para-hydroxylation sites is 2. The average molecular weight is 579 g/mol. The number of aromatic nitrogens is 2. The van der Waals surface area contributed by atoms with Crippen molar-refractivity contribution in [3.63, 3.8) is 0 Å². The zero-order valence-corrected chi connectivity index (χ0v) is 24.4.